The average molecular weight is 594 g/mol. The molecule has 0 spiro atoms. The van der Waals surface area contributed by atoms with E-state index in [4.69, 9.17) is 14.4 Å². The lowest BCUT2D eigenvalue weighted by Crippen LogP contribution is -2.10. The van der Waals surface area contributed by atoms with Gasteiger partial charge in [-0.05, 0) is 71.4 Å². The molecule has 6 nitrogen and oxygen atoms in total. The third-order valence-corrected chi connectivity index (χ3v) is 8.60. The molecule has 1 aliphatic rings. The second-order valence-corrected chi connectivity index (χ2v) is 11.4. The van der Waals surface area contributed by atoms with Gasteiger partial charge in [0.1, 0.15) is 11.3 Å². The van der Waals surface area contributed by atoms with Crippen molar-refractivity contribution < 1.29 is 4.42 Å². The zero-order valence-corrected chi connectivity index (χ0v) is 24.8. The molecule has 0 aliphatic carbocycles. The van der Waals surface area contributed by atoms with E-state index in [0.29, 0.717) is 5.95 Å². The van der Waals surface area contributed by atoms with E-state index in [9.17, 15) is 0 Å². The molecule has 1 aliphatic heterocycles. The van der Waals surface area contributed by atoms with E-state index in [1.165, 1.54) is 0 Å². The first-order valence-corrected chi connectivity index (χ1v) is 15.3. The van der Waals surface area contributed by atoms with Gasteiger partial charge in [0.25, 0.3) is 0 Å². The summed E-state index contributed by atoms with van der Waals surface area (Å²) in [6.45, 7) is 0.747. The molecule has 0 bridgehead atoms. The Morgan fingerprint density at radius 1 is 0.652 bits per heavy atom. The standard InChI is InChI=1S/C40H27N5O/c1-2-6-30(7-3-1)37-24-31-14-15-36-38(39(31)46-37)32-8-4-5-9-35(32)45(36)40-43-33(25-34(44-40)29-18-22-42-23-19-29)28-12-10-26(11-13-28)27-16-20-41-21-17-27/h1-22,24-25,42H,23H2. The van der Waals surface area contributed by atoms with Crippen LogP contribution in [0.2, 0.25) is 0 Å². The van der Waals surface area contributed by atoms with Crippen molar-refractivity contribution in [2.75, 3.05) is 6.54 Å². The van der Waals surface area contributed by atoms with Crippen molar-refractivity contribution in [2.45, 2.75) is 0 Å². The highest BCUT2D eigenvalue weighted by atomic mass is 16.3. The Bertz CT molecular complexity index is 2450. The molecule has 46 heavy (non-hydrogen) atoms. The molecule has 0 unspecified atom stereocenters. The summed E-state index contributed by atoms with van der Waals surface area (Å²) in [6.07, 6.45) is 9.83. The SMILES string of the molecule is C1=CC(c2cc(-c3ccc(-c4ccncc4)cc3)nc(-n3c4ccccc4c4c5oc(-c6ccccc6)cc5ccc43)n2)=CCN1. The van der Waals surface area contributed by atoms with Gasteiger partial charge in [0.05, 0.1) is 27.8 Å². The van der Waals surface area contributed by atoms with Crippen LogP contribution in [0.5, 0.6) is 0 Å². The number of rotatable bonds is 5. The highest BCUT2D eigenvalue weighted by molar-refractivity contribution is 6.19. The van der Waals surface area contributed by atoms with Crippen molar-refractivity contribution in [2.24, 2.45) is 0 Å². The molecule has 9 rings (SSSR count). The van der Waals surface area contributed by atoms with Crippen LogP contribution in [0.15, 0.2) is 150 Å². The van der Waals surface area contributed by atoms with Crippen molar-refractivity contribution in [3.05, 3.63) is 152 Å². The zero-order chi connectivity index (χ0) is 30.5. The Hall–Kier alpha value is -6.27. The second-order valence-electron chi connectivity index (χ2n) is 11.4. The molecule has 1 N–H and O–H groups in total. The minimum atomic E-state index is 0.610. The first-order chi connectivity index (χ1) is 22.8. The fourth-order valence-corrected chi connectivity index (χ4v) is 6.36. The molecule has 0 atom stereocenters. The van der Waals surface area contributed by atoms with Crippen LogP contribution in [-0.4, -0.2) is 26.1 Å². The number of para-hydroxylation sites is 1. The van der Waals surface area contributed by atoms with Crippen molar-refractivity contribution in [1.82, 2.24) is 24.8 Å². The number of pyridine rings is 1. The highest BCUT2D eigenvalue weighted by Crippen LogP contribution is 2.39. The van der Waals surface area contributed by atoms with Crippen LogP contribution in [0.4, 0.5) is 0 Å². The summed E-state index contributed by atoms with van der Waals surface area (Å²) < 4.78 is 8.77. The number of nitrogens with zero attached hydrogens (tertiary/aromatic N) is 4. The van der Waals surface area contributed by atoms with Gasteiger partial charge in [0.15, 0.2) is 0 Å². The van der Waals surface area contributed by atoms with Crippen LogP contribution in [0.25, 0.3) is 78.0 Å². The fourth-order valence-electron chi connectivity index (χ4n) is 6.36. The van der Waals surface area contributed by atoms with Crippen molar-refractivity contribution in [1.29, 1.82) is 0 Å². The van der Waals surface area contributed by atoms with Crippen LogP contribution in [0.1, 0.15) is 5.69 Å². The lowest BCUT2D eigenvalue weighted by molar-refractivity contribution is 0.635. The van der Waals surface area contributed by atoms with E-state index >= 15 is 0 Å². The van der Waals surface area contributed by atoms with Gasteiger partial charge in [-0.3, -0.25) is 9.55 Å². The molecule has 8 aromatic rings. The topological polar surface area (TPSA) is 68.8 Å². The molecule has 0 radical (unpaired) electrons. The second kappa shape index (κ2) is 10.7. The van der Waals surface area contributed by atoms with Crippen molar-refractivity contribution in [3.63, 3.8) is 0 Å². The van der Waals surface area contributed by atoms with Crippen molar-refractivity contribution >= 4 is 38.3 Å². The third-order valence-electron chi connectivity index (χ3n) is 8.60. The smallest absolute Gasteiger partial charge is 0.235 e. The zero-order valence-electron chi connectivity index (χ0n) is 24.8. The maximum Gasteiger partial charge on any atom is 0.235 e. The highest BCUT2D eigenvalue weighted by Gasteiger charge is 2.21. The lowest BCUT2D eigenvalue weighted by atomic mass is 10.0. The van der Waals surface area contributed by atoms with E-state index in [0.717, 1.165) is 84.3 Å². The first kappa shape index (κ1) is 26.2. The summed E-state index contributed by atoms with van der Waals surface area (Å²) in [4.78, 5) is 14.6. The molecule has 5 heterocycles. The molecule has 0 amide bonds. The average Bonchev–Trinajstić information content (AvgIpc) is 3.72. The predicted octanol–water partition coefficient (Wildman–Crippen LogP) is 9.22. The summed E-state index contributed by atoms with van der Waals surface area (Å²) in [6, 6.07) is 39.7. The van der Waals surface area contributed by atoms with Gasteiger partial charge >= 0.3 is 0 Å². The van der Waals surface area contributed by atoms with Gasteiger partial charge in [0, 0.05) is 40.8 Å². The lowest BCUT2D eigenvalue weighted by Gasteiger charge is -2.14. The summed E-state index contributed by atoms with van der Waals surface area (Å²) in [5.74, 6) is 1.46. The summed E-state index contributed by atoms with van der Waals surface area (Å²) in [5, 5.41) is 6.46. The molecule has 0 saturated heterocycles. The number of hydrogen-bond acceptors (Lipinski definition) is 5. The Kier molecular flexibility index (Phi) is 6.09. The monoisotopic (exact) mass is 593 g/mol. The van der Waals surface area contributed by atoms with Crippen LogP contribution in [0, 0.1) is 0 Å². The first-order valence-electron chi connectivity index (χ1n) is 15.3. The predicted molar refractivity (Wildman–Crippen MR) is 185 cm³/mol. The Morgan fingerprint density at radius 3 is 2.24 bits per heavy atom. The van der Waals surface area contributed by atoms with Crippen LogP contribution in [0.3, 0.4) is 0 Å². The number of benzene rings is 4. The number of dihydropyridines is 1. The van der Waals surface area contributed by atoms with E-state index in [1.807, 2.05) is 48.9 Å². The number of hydrogen-bond donors (Lipinski definition) is 1. The Labute approximate surface area is 265 Å². The Balaban J connectivity index is 1.26. The summed E-state index contributed by atoms with van der Waals surface area (Å²) in [7, 11) is 0. The van der Waals surface area contributed by atoms with E-state index in [1.54, 1.807) is 0 Å². The maximum atomic E-state index is 6.60. The number of aromatic nitrogens is 4. The Morgan fingerprint density at radius 2 is 1.41 bits per heavy atom. The quantitative estimate of drug-likeness (QED) is 0.215. The number of furan rings is 1. The van der Waals surface area contributed by atoms with E-state index in [2.05, 4.69) is 112 Å². The molecule has 0 fully saturated rings. The molecular formula is C40H27N5O. The summed E-state index contributed by atoms with van der Waals surface area (Å²) >= 11 is 0. The molecule has 218 valence electrons. The molecule has 0 saturated carbocycles. The largest absolute Gasteiger partial charge is 0.455 e. The normalized spacial score (nSPS) is 12.9. The fraction of sp³-hybridized carbons (Fsp3) is 0.0250. The van der Waals surface area contributed by atoms with E-state index in [-0.39, 0.29) is 0 Å². The molecule has 6 heteroatoms. The molecule has 4 aromatic heterocycles. The van der Waals surface area contributed by atoms with Gasteiger partial charge in [0.2, 0.25) is 5.95 Å². The van der Waals surface area contributed by atoms with Crippen LogP contribution < -0.4 is 5.32 Å². The third kappa shape index (κ3) is 4.39. The number of fused-ring (bicyclic) bond motifs is 5. The van der Waals surface area contributed by atoms with Gasteiger partial charge in [-0.2, -0.15) is 0 Å². The number of nitrogens with one attached hydrogen (secondary N) is 1. The van der Waals surface area contributed by atoms with Gasteiger partial charge in [-0.25, -0.2) is 9.97 Å². The van der Waals surface area contributed by atoms with Crippen molar-refractivity contribution in [3.8, 4) is 39.7 Å². The maximum absolute atomic E-state index is 6.60. The van der Waals surface area contributed by atoms with Gasteiger partial charge < -0.3 is 9.73 Å². The van der Waals surface area contributed by atoms with E-state index < -0.39 is 0 Å². The minimum Gasteiger partial charge on any atom is -0.455 e. The van der Waals surface area contributed by atoms with Crippen LogP contribution in [-0.2, 0) is 0 Å². The van der Waals surface area contributed by atoms with Gasteiger partial charge in [-0.15, -0.1) is 0 Å². The van der Waals surface area contributed by atoms with Crippen LogP contribution >= 0.6 is 0 Å². The molecule has 4 aromatic carbocycles. The number of allylic oxidation sites excluding steroid dienone is 2. The minimum absolute atomic E-state index is 0.610. The summed E-state index contributed by atoms with van der Waals surface area (Å²) in [5.41, 5.74) is 9.97. The molecular weight excluding hydrogens is 566 g/mol. The van der Waals surface area contributed by atoms with Gasteiger partial charge in [-0.1, -0.05) is 78.9 Å².